The summed E-state index contributed by atoms with van der Waals surface area (Å²) < 4.78 is 16.7. The molecule has 0 amide bonds. The van der Waals surface area contributed by atoms with Crippen LogP contribution in [0.2, 0.25) is 0 Å². The van der Waals surface area contributed by atoms with Gasteiger partial charge < -0.3 is 14.2 Å². The fourth-order valence-corrected chi connectivity index (χ4v) is 7.19. The van der Waals surface area contributed by atoms with Crippen molar-refractivity contribution in [3.05, 3.63) is 85.1 Å². The zero-order chi connectivity index (χ0) is 46.5. The lowest BCUT2D eigenvalue weighted by Crippen LogP contribution is -2.30. The second-order valence-electron chi connectivity index (χ2n) is 17.4. The fraction of sp³-hybridized carbons (Fsp3) is 0.707. The van der Waals surface area contributed by atoms with Crippen molar-refractivity contribution in [2.75, 3.05) is 13.2 Å². The van der Waals surface area contributed by atoms with E-state index >= 15 is 0 Å². The molecule has 6 heteroatoms. The molecule has 0 aromatic heterocycles. The molecule has 0 saturated heterocycles. The highest BCUT2D eigenvalue weighted by Crippen LogP contribution is 2.14. The largest absolute Gasteiger partial charge is 0.462 e. The van der Waals surface area contributed by atoms with Crippen LogP contribution in [0.5, 0.6) is 0 Å². The molecule has 0 bridgehead atoms. The van der Waals surface area contributed by atoms with Gasteiger partial charge in [0.2, 0.25) is 0 Å². The lowest BCUT2D eigenvalue weighted by atomic mass is 10.1. The van der Waals surface area contributed by atoms with Gasteiger partial charge in [-0.3, -0.25) is 14.4 Å². The molecule has 0 saturated carbocycles. The molecule has 1 atom stereocenters. The molecule has 0 fully saturated rings. The Hall–Kier alpha value is -3.41. The average molecular weight is 891 g/mol. The molecule has 64 heavy (non-hydrogen) atoms. The summed E-state index contributed by atoms with van der Waals surface area (Å²) in [5.41, 5.74) is 0. The van der Waals surface area contributed by atoms with Crippen LogP contribution in [0.1, 0.15) is 245 Å². The van der Waals surface area contributed by atoms with Crippen LogP contribution in [0.15, 0.2) is 85.1 Å². The van der Waals surface area contributed by atoms with Gasteiger partial charge in [-0.05, 0) is 77.0 Å². The van der Waals surface area contributed by atoms with Gasteiger partial charge in [0.1, 0.15) is 13.2 Å². The third kappa shape index (κ3) is 49.6. The molecule has 366 valence electrons. The Balaban J connectivity index is 4.23. The van der Waals surface area contributed by atoms with Crippen LogP contribution < -0.4 is 0 Å². The van der Waals surface area contributed by atoms with Crippen molar-refractivity contribution in [2.45, 2.75) is 252 Å². The van der Waals surface area contributed by atoms with Crippen LogP contribution in [0.25, 0.3) is 0 Å². The van der Waals surface area contributed by atoms with Crippen LogP contribution >= 0.6 is 0 Å². The third-order valence-corrected chi connectivity index (χ3v) is 11.2. The molecule has 0 aliphatic rings. The second-order valence-corrected chi connectivity index (χ2v) is 17.4. The van der Waals surface area contributed by atoms with E-state index in [1.807, 2.05) is 0 Å². The van der Waals surface area contributed by atoms with Crippen molar-refractivity contribution in [1.29, 1.82) is 0 Å². The van der Waals surface area contributed by atoms with E-state index in [0.717, 1.165) is 122 Å². The number of ether oxygens (including phenoxy) is 3. The van der Waals surface area contributed by atoms with E-state index in [4.69, 9.17) is 14.2 Å². The first-order chi connectivity index (χ1) is 31.5. The number of hydrogen-bond donors (Lipinski definition) is 0. The maximum atomic E-state index is 12.7. The molecule has 0 spiro atoms. The Bertz CT molecular complexity index is 1250. The Morgan fingerprint density at radius 3 is 0.953 bits per heavy atom. The summed E-state index contributed by atoms with van der Waals surface area (Å²) in [7, 11) is 0. The molecule has 0 aliphatic heterocycles. The van der Waals surface area contributed by atoms with E-state index in [9.17, 15) is 14.4 Å². The SMILES string of the molecule is CC/C=C\C/C=C\C/C=C\C/C=C\C/C=C\C/C=C\C/C=C\CCCCCCCC(=O)OCC(COC(=O)CCCCCCCCCCC)OC(=O)CCCCCCCCCCCC. The Kier molecular flexibility index (Phi) is 49.4. The van der Waals surface area contributed by atoms with E-state index in [2.05, 4.69) is 106 Å². The van der Waals surface area contributed by atoms with Gasteiger partial charge in [0, 0.05) is 19.3 Å². The van der Waals surface area contributed by atoms with Crippen LogP contribution in [-0.2, 0) is 28.6 Å². The zero-order valence-electron chi connectivity index (χ0n) is 41.8. The van der Waals surface area contributed by atoms with Crippen molar-refractivity contribution in [1.82, 2.24) is 0 Å². The minimum Gasteiger partial charge on any atom is -0.462 e. The Morgan fingerprint density at radius 2 is 0.609 bits per heavy atom. The minimum atomic E-state index is -0.779. The van der Waals surface area contributed by atoms with Gasteiger partial charge in [0.25, 0.3) is 0 Å². The highest BCUT2D eigenvalue weighted by Gasteiger charge is 2.19. The van der Waals surface area contributed by atoms with Gasteiger partial charge in [-0.2, -0.15) is 0 Å². The van der Waals surface area contributed by atoms with Crippen molar-refractivity contribution in [3.63, 3.8) is 0 Å². The molecule has 0 N–H and O–H groups in total. The van der Waals surface area contributed by atoms with Crippen molar-refractivity contribution in [3.8, 4) is 0 Å². The first kappa shape index (κ1) is 60.6. The normalized spacial score (nSPS) is 12.7. The molecule has 0 aromatic rings. The van der Waals surface area contributed by atoms with E-state index < -0.39 is 6.10 Å². The monoisotopic (exact) mass is 891 g/mol. The van der Waals surface area contributed by atoms with E-state index in [0.29, 0.717) is 19.3 Å². The van der Waals surface area contributed by atoms with Crippen molar-refractivity contribution in [2.24, 2.45) is 0 Å². The maximum absolute atomic E-state index is 12.7. The van der Waals surface area contributed by atoms with Crippen LogP contribution in [0.4, 0.5) is 0 Å². The van der Waals surface area contributed by atoms with E-state index in [1.165, 1.54) is 83.5 Å². The Labute approximate surface area is 395 Å². The summed E-state index contributed by atoms with van der Waals surface area (Å²) >= 11 is 0. The van der Waals surface area contributed by atoms with E-state index in [-0.39, 0.29) is 31.1 Å². The highest BCUT2D eigenvalue weighted by atomic mass is 16.6. The van der Waals surface area contributed by atoms with Crippen molar-refractivity contribution < 1.29 is 28.6 Å². The first-order valence-corrected chi connectivity index (χ1v) is 26.6. The fourth-order valence-electron chi connectivity index (χ4n) is 7.19. The van der Waals surface area contributed by atoms with Gasteiger partial charge >= 0.3 is 17.9 Å². The summed E-state index contributed by atoms with van der Waals surface area (Å²) in [6.45, 7) is 6.47. The lowest BCUT2D eigenvalue weighted by molar-refractivity contribution is -0.167. The molecule has 0 aromatic carbocycles. The highest BCUT2D eigenvalue weighted by molar-refractivity contribution is 5.71. The van der Waals surface area contributed by atoms with Gasteiger partial charge in [0.05, 0.1) is 0 Å². The topological polar surface area (TPSA) is 78.9 Å². The molecule has 1 unspecified atom stereocenters. The standard InChI is InChI=1S/C58H98O6/c1-4-7-10-13-16-19-21-22-23-24-25-26-27-28-29-30-31-32-33-34-35-36-37-40-42-45-48-51-57(60)63-54-55(53-62-56(59)50-47-44-41-38-18-15-12-9-6-3)64-58(61)52-49-46-43-39-20-17-14-11-8-5-2/h7,10,16,19,22-23,25-26,28-29,31-32,34-35,55H,4-6,8-9,11-15,17-18,20-21,24,27,30,33,36-54H2,1-3H3/b10-7-,19-16-,23-22-,26-25-,29-28-,32-31-,35-34-. The van der Waals surface area contributed by atoms with Gasteiger partial charge in [0.15, 0.2) is 6.10 Å². The van der Waals surface area contributed by atoms with Crippen LogP contribution in [-0.4, -0.2) is 37.2 Å². The van der Waals surface area contributed by atoms with Gasteiger partial charge in [-0.1, -0.05) is 234 Å². The number of allylic oxidation sites excluding steroid dienone is 14. The number of rotatable bonds is 47. The van der Waals surface area contributed by atoms with Gasteiger partial charge in [-0.15, -0.1) is 0 Å². The van der Waals surface area contributed by atoms with Crippen molar-refractivity contribution >= 4 is 17.9 Å². The minimum absolute atomic E-state index is 0.0802. The summed E-state index contributed by atoms with van der Waals surface area (Å²) in [4.78, 5) is 37.8. The maximum Gasteiger partial charge on any atom is 0.306 e. The number of esters is 3. The first-order valence-electron chi connectivity index (χ1n) is 26.6. The number of carbonyl (C=O) groups is 3. The van der Waals surface area contributed by atoms with Gasteiger partial charge in [-0.25, -0.2) is 0 Å². The average Bonchev–Trinajstić information content (AvgIpc) is 3.29. The smallest absolute Gasteiger partial charge is 0.306 e. The van der Waals surface area contributed by atoms with Crippen LogP contribution in [0, 0.1) is 0 Å². The third-order valence-electron chi connectivity index (χ3n) is 11.2. The summed E-state index contributed by atoms with van der Waals surface area (Å²) in [6, 6.07) is 0. The summed E-state index contributed by atoms with van der Waals surface area (Å²) in [6.07, 6.45) is 67.2. The summed E-state index contributed by atoms with van der Waals surface area (Å²) in [5, 5.41) is 0. The Morgan fingerprint density at radius 1 is 0.328 bits per heavy atom. The number of hydrogen-bond acceptors (Lipinski definition) is 6. The molecule has 0 radical (unpaired) electrons. The number of carbonyl (C=O) groups excluding carboxylic acids is 3. The molecule has 0 heterocycles. The molecular weight excluding hydrogens is 793 g/mol. The van der Waals surface area contributed by atoms with E-state index in [1.54, 1.807) is 0 Å². The quantitative estimate of drug-likeness (QED) is 0.0262. The molecule has 0 aliphatic carbocycles. The predicted octanol–water partition coefficient (Wildman–Crippen LogP) is 17.6. The lowest BCUT2D eigenvalue weighted by Gasteiger charge is -2.18. The zero-order valence-corrected chi connectivity index (χ0v) is 41.8. The molecule has 0 rings (SSSR count). The van der Waals surface area contributed by atoms with Crippen LogP contribution in [0.3, 0.4) is 0 Å². The molecule has 6 nitrogen and oxygen atoms in total. The summed E-state index contributed by atoms with van der Waals surface area (Å²) in [5.74, 6) is -0.904. The second kappa shape index (κ2) is 52.2. The molecular formula is C58H98O6. The predicted molar refractivity (Wildman–Crippen MR) is 274 cm³/mol. The number of unbranched alkanes of at least 4 members (excludes halogenated alkanes) is 22.